The number of nitrogens with zero attached hydrogens (tertiary/aromatic N) is 4. The van der Waals surface area contributed by atoms with Crippen molar-refractivity contribution >= 4 is 34.4 Å². The van der Waals surface area contributed by atoms with Crippen LogP contribution < -0.4 is 11.1 Å². The normalized spacial score (nSPS) is 18.9. The maximum Gasteiger partial charge on any atom is 0.313 e. The number of amides is 3. The molecule has 3 amide bonds. The Morgan fingerprint density at radius 2 is 2.03 bits per heavy atom. The molecule has 1 aliphatic rings. The molecule has 1 saturated heterocycles. The summed E-state index contributed by atoms with van der Waals surface area (Å²) in [4.78, 5) is 47.0. The minimum absolute atomic E-state index is 0.141. The van der Waals surface area contributed by atoms with Crippen molar-refractivity contribution in [2.75, 3.05) is 11.9 Å². The Kier molecular flexibility index (Phi) is 5.13. The number of nitrogens with one attached hydrogen (secondary N) is 2. The zero-order valence-corrected chi connectivity index (χ0v) is 16.3. The smallest absolute Gasteiger partial charge is 0.313 e. The quantitative estimate of drug-likeness (QED) is 0.559. The third-order valence-electron chi connectivity index (χ3n) is 5.21. The highest BCUT2D eigenvalue weighted by Crippen LogP contribution is 2.33. The van der Waals surface area contributed by atoms with Crippen molar-refractivity contribution in [3.63, 3.8) is 0 Å². The van der Waals surface area contributed by atoms with E-state index in [0.717, 1.165) is 11.9 Å². The molecule has 4 rings (SSSR count). The van der Waals surface area contributed by atoms with Crippen LogP contribution in [-0.2, 0) is 9.59 Å². The Morgan fingerprint density at radius 3 is 2.83 bits per heavy atom. The molecule has 0 aliphatic carbocycles. The average Bonchev–Trinajstić information content (AvgIpc) is 3.21. The number of anilines is 1. The number of nitrogens with two attached hydrogens (primary N) is 1. The lowest BCUT2D eigenvalue weighted by Crippen LogP contribution is -2.46. The van der Waals surface area contributed by atoms with Gasteiger partial charge in [-0.1, -0.05) is 6.92 Å². The highest BCUT2D eigenvalue weighted by molar-refractivity contribution is 6.39. The number of H-pyrrole nitrogens is 1. The summed E-state index contributed by atoms with van der Waals surface area (Å²) >= 11 is 0. The summed E-state index contributed by atoms with van der Waals surface area (Å²) in [7, 11) is 0. The van der Waals surface area contributed by atoms with E-state index in [4.69, 9.17) is 5.73 Å². The number of carbonyl (C=O) groups is 3. The monoisotopic (exact) mass is 407 g/mol. The van der Waals surface area contributed by atoms with Gasteiger partial charge in [-0.05, 0) is 37.0 Å². The first kappa shape index (κ1) is 19.5. The Balaban J connectivity index is 1.56. The summed E-state index contributed by atoms with van der Waals surface area (Å²) in [5, 5.41) is 9.34. The molecule has 10 nitrogen and oxygen atoms in total. The molecule has 0 unspecified atom stereocenters. The van der Waals surface area contributed by atoms with Crippen LogP contribution in [0.3, 0.4) is 0 Å². The van der Waals surface area contributed by atoms with Gasteiger partial charge in [0.2, 0.25) is 5.91 Å². The van der Waals surface area contributed by atoms with Gasteiger partial charge in [-0.3, -0.25) is 24.5 Å². The zero-order chi connectivity index (χ0) is 21.3. The molecule has 1 aliphatic heterocycles. The fraction of sp³-hybridized carbons (Fsp3) is 0.300. The lowest BCUT2D eigenvalue weighted by molar-refractivity contribution is -0.146. The molecule has 1 fully saturated rings. The van der Waals surface area contributed by atoms with Gasteiger partial charge in [0.15, 0.2) is 0 Å². The van der Waals surface area contributed by atoms with Crippen molar-refractivity contribution in [1.29, 1.82) is 0 Å². The largest absolute Gasteiger partial charge is 0.366 e. The SMILES string of the molecule is C[C@H]1CC[C@H](c2ccc3[nH]ncc3n2)N(C(=O)C(=O)Nc2cncc(C(N)=O)c2)C1. The van der Waals surface area contributed by atoms with Crippen LogP contribution in [0.2, 0.25) is 0 Å². The van der Waals surface area contributed by atoms with Crippen molar-refractivity contribution in [3.8, 4) is 0 Å². The molecule has 2 atom stereocenters. The van der Waals surface area contributed by atoms with Crippen molar-refractivity contribution < 1.29 is 14.4 Å². The summed E-state index contributed by atoms with van der Waals surface area (Å²) in [6, 6.07) is 4.78. The predicted molar refractivity (Wildman–Crippen MR) is 108 cm³/mol. The summed E-state index contributed by atoms with van der Waals surface area (Å²) < 4.78 is 0. The van der Waals surface area contributed by atoms with Gasteiger partial charge in [-0.15, -0.1) is 0 Å². The topological polar surface area (TPSA) is 147 Å². The van der Waals surface area contributed by atoms with Crippen LogP contribution in [-0.4, -0.2) is 49.3 Å². The number of aromatic nitrogens is 4. The zero-order valence-electron chi connectivity index (χ0n) is 16.3. The third-order valence-corrected chi connectivity index (χ3v) is 5.21. The number of aromatic amines is 1. The van der Waals surface area contributed by atoms with Crippen molar-refractivity contribution in [2.24, 2.45) is 11.7 Å². The molecular weight excluding hydrogens is 386 g/mol. The highest BCUT2D eigenvalue weighted by Gasteiger charge is 2.35. The van der Waals surface area contributed by atoms with E-state index in [9.17, 15) is 14.4 Å². The molecular formula is C20H21N7O3. The molecule has 154 valence electrons. The summed E-state index contributed by atoms with van der Waals surface area (Å²) in [6.07, 6.45) is 5.89. The van der Waals surface area contributed by atoms with Crippen LogP contribution in [0, 0.1) is 5.92 Å². The van der Waals surface area contributed by atoms with Crippen LogP contribution in [0.15, 0.2) is 36.8 Å². The van der Waals surface area contributed by atoms with E-state index >= 15 is 0 Å². The van der Waals surface area contributed by atoms with Gasteiger partial charge in [0.1, 0.15) is 5.52 Å². The van der Waals surface area contributed by atoms with Gasteiger partial charge >= 0.3 is 11.8 Å². The maximum absolute atomic E-state index is 13.0. The Bertz CT molecular complexity index is 1130. The van der Waals surface area contributed by atoms with Crippen molar-refractivity contribution in [1.82, 2.24) is 25.1 Å². The minimum atomic E-state index is -0.804. The highest BCUT2D eigenvalue weighted by atomic mass is 16.2. The van der Waals surface area contributed by atoms with Gasteiger partial charge in [-0.2, -0.15) is 5.10 Å². The molecule has 0 aromatic carbocycles. The summed E-state index contributed by atoms with van der Waals surface area (Å²) in [6.45, 7) is 2.49. The number of carbonyl (C=O) groups excluding carboxylic acids is 3. The number of hydrogen-bond acceptors (Lipinski definition) is 6. The van der Waals surface area contributed by atoms with E-state index < -0.39 is 17.7 Å². The van der Waals surface area contributed by atoms with E-state index in [0.29, 0.717) is 24.2 Å². The summed E-state index contributed by atoms with van der Waals surface area (Å²) in [5.41, 5.74) is 7.84. The van der Waals surface area contributed by atoms with E-state index in [1.165, 1.54) is 18.5 Å². The van der Waals surface area contributed by atoms with Crippen molar-refractivity contribution in [3.05, 3.63) is 48.0 Å². The number of pyridine rings is 2. The lowest BCUT2D eigenvalue weighted by atomic mass is 9.92. The Hall–Kier alpha value is -3.82. The second kappa shape index (κ2) is 7.90. The molecule has 30 heavy (non-hydrogen) atoms. The van der Waals surface area contributed by atoms with E-state index in [1.807, 2.05) is 19.1 Å². The van der Waals surface area contributed by atoms with Crippen LogP contribution in [0.5, 0.6) is 0 Å². The molecule has 0 saturated carbocycles. The average molecular weight is 407 g/mol. The van der Waals surface area contributed by atoms with E-state index in [1.54, 1.807) is 11.1 Å². The number of hydrogen-bond donors (Lipinski definition) is 3. The predicted octanol–water partition coefficient (Wildman–Crippen LogP) is 1.39. The third kappa shape index (κ3) is 3.84. The minimum Gasteiger partial charge on any atom is -0.366 e. The molecule has 4 N–H and O–H groups in total. The lowest BCUT2D eigenvalue weighted by Gasteiger charge is -2.37. The molecule has 3 aromatic heterocycles. The number of primary amides is 1. The fourth-order valence-electron chi connectivity index (χ4n) is 3.67. The van der Waals surface area contributed by atoms with Crippen LogP contribution in [0.25, 0.3) is 11.0 Å². The first-order chi connectivity index (χ1) is 14.4. The van der Waals surface area contributed by atoms with Gasteiger partial charge < -0.3 is 16.0 Å². The van der Waals surface area contributed by atoms with Crippen LogP contribution in [0.1, 0.15) is 41.9 Å². The molecule has 3 aromatic rings. The molecule has 10 heteroatoms. The van der Waals surface area contributed by atoms with Gasteiger partial charge in [0.05, 0.1) is 40.9 Å². The number of fused-ring (bicyclic) bond motifs is 1. The number of piperidine rings is 1. The second-order valence-corrected chi connectivity index (χ2v) is 7.48. The fourth-order valence-corrected chi connectivity index (χ4v) is 3.67. The first-order valence-electron chi connectivity index (χ1n) is 9.59. The summed E-state index contributed by atoms with van der Waals surface area (Å²) in [5.74, 6) is -1.88. The molecule has 4 heterocycles. The molecule has 0 spiro atoms. The van der Waals surface area contributed by atoms with Crippen molar-refractivity contribution in [2.45, 2.75) is 25.8 Å². The van der Waals surface area contributed by atoms with Gasteiger partial charge in [-0.25, -0.2) is 4.98 Å². The van der Waals surface area contributed by atoms with Gasteiger partial charge in [0.25, 0.3) is 0 Å². The van der Waals surface area contributed by atoms with Crippen LogP contribution in [0.4, 0.5) is 5.69 Å². The number of likely N-dealkylation sites (tertiary alicyclic amines) is 1. The first-order valence-corrected chi connectivity index (χ1v) is 9.59. The Labute approximate surface area is 171 Å². The standard InChI is InChI=1S/C20H21N7O3/c1-11-2-5-17(15-4-3-14-16(25-15)9-23-26-14)27(10-11)20(30)19(29)24-13-6-12(18(21)28)7-22-8-13/h3-4,6-9,11,17H,2,5,10H2,1H3,(H2,21,28)(H,23,26)(H,24,29)/t11-,17+/m0/s1. The van der Waals surface area contributed by atoms with E-state index in [-0.39, 0.29) is 23.2 Å². The molecule has 0 bridgehead atoms. The van der Waals surface area contributed by atoms with E-state index in [2.05, 4.69) is 25.5 Å². The maximum atomic E-state index is 13.0. The molecule has 0 radical (unpaired) electrons. The second-order valence-electron chi connectivity index (χ2n) is 7.48. The Morgan fingerprint density at radius 1 is 1.20 bits per heavy atom. The number of rotatable bonds is 3. The van der Waals surface area contributed by atoms with Crippen LogP contribution >= 0.6 is 0 Å². The van der Waals surface area contributed by atoms with Gasteiger partial charge in [0, 0.05) is 12.7 Å².